The SMILES string of the molecule is CC/C=C/C12C3CC4C5[C@H](C)/C(=C6/OC(=O)C(C)=C6OC)O[C@]5(O3)C1CCN42. The quantitative estimate of drug-likeness (QED) is 0.550. The maximum Gasteiger partial charge on any atom is 0.343 e. The van der Waals surface area contributed by atoms with E-state index in [1.54, 1.807) is 14.0 Å². The fourth-order valence-corrected chi connectivity index (χ4v) is 7.22. The van der Waals surface area contributed by atoms with Gasteiger partial charge >= 0.3 is 5.97 Å². The molecule has 0 N–H and O–H groups in total. The van der Waals surface area contributed by atoms with Gasteiger partial charge in [0.05, 0.1) is 36.2 Å². The molecular weight excluding hydrogens is 358 g/mol. The maximum atomic E-state index is 12.2. The lowest BCUT2D eigenvalue weighted by Crippen LogP contribution is -2.60. The summed E-state index contributed by atoms with van der Waals surface area (Å²) in [5, 5.41) is 0. The lowest BCUT2D eigenvalue weighted by Gasteiger charge is -2.47. The number of carbonyl (C=O) groups is 1. The Kier molecular flexibility index (Phi) is 3.19. The van der Waals surface area contributed by atoms with Crippen molar-refractivity contribution in [1.29, 1.82) is 0 Å². The standard InChI is InChI=1S/C22H27NO5/c1-5-6-8-21-14-7-9-23(21)13-10-15(21)27-22(14)16(13)11(2)18(28-22)19-17(25-4)12(3)20(24)26-19/h6,8,11,13-16H,5,7,9-10H2,1-4H3/b8-6+,19-18-/t11-,13?,14?,15?,16?,21?,22+/m0/s1. The van der Waals surface area contributed by atoms with E-state index in [0.29, 0.717) is 29.1 Å². The summed E-state index contributed by atoms with van der Waals surface area (Å²) >= 11 is 0. The van der Waals surface area contributed by atoms with E-state index in [2.05, 4.69) is 30.9 Å². The molecule has 0 aromatic carbocycles. The molecule has 6 rings (SSSR count). The Morgan fingerprint density at radius 2 is 2.21 bits per heavy atom. The van der Waals surface area contributed by atoms with Gasteiger partial charge in [0.2, 0.25) is 11.5 Å². The maximum absolute atomic E-state index is 12.2. The topological polar surface area (TPSA) is 57.2 Å². The average molecular weight is 385 g/mol. The van der Waals surface area contributed by atoms with Crippen LogP contribution in [0.5, 0.6) is 0 Å². The number of nitrogens with zero attached hydrogens (tertiary/aromatic N) is 1. The summed E-state index contributed by atoms with van der Waals surface area (Å²) in [5.74, 6) is 1.38. The molecule has 6 heteroatoms. The van der Waals surface area contributed by atoms with Crippen LogP contribution in [0.25, 0.3) is 0 Å². The molecule has 0 radical (unpaired) electrons. The first-order valence-electron chi connectivity index (χ1n) is 10.5. The van der Waals surface area contributed by atoms with Gasteiger partial charge in [-0.15, -0.1) is 0 Å². The lowest BCUT2D eigenvalue weighted by atomic mass is 9.71. The van der Waals surface area contributed by atoms with E-state index in [9.17, 15) is 4.79 Å². The highest BCUT2D eigenvalue weighted by atomic mass is 16.7. The Morgan fingerprint density at radius 3 is 2.96 bits per heavy atom. The molecule has 5 fully saturated rings. The first-order chi connectivity index (χ1) is 13.5. The Bertz CT molecular complexity index is 874. The van der Waals surface area contributed by atoms with Crippen molar-refractivity contribution in [2.75, 3.05) is 13.7 Å². The molecule has 6 heterocycles. The van der Waals surface area contributed by atoms with Crippen LogP contribution in [0.1, 0.15) is 40.0 Å². The van der Waals surface area contributed by atoms with Crippen LogP contribution < -0.4 is 0 Å². The van der Waals surface area contributed by atoms with Crippen LogP contribution in [-0.2, 0) is 23.7 Å². The molecule has 150 valence electrons. The first-order valence-corrected chi connectivity index (χ1v) is 10.5. The normalized spacial score (nSPS) is 52.8. The second-order valence-electron chi connectivity index (χ2n) is 9.02. The molecule has 0 aliphatic carbocycles. The predicted molar refractivity (Wildman–Crippen MR) is 99.6 cm³/mol. The van der Waals surface area contributed by atoms with E-state index >= 15 is 0 Å². The molecule has 6 aliphatic heterocycles. The van der Waals surface area contributed by atoms with Gasteiger partial charge in [0.15, 0.2) is 5.76 Å². The Hall–Kier alpha value is -1.79. The summed E-state index contributed by atoms with van der Waals surface area (Å²) < 4.78 is 24.5. The van der Waals surface area contributed by atoms with Gasteiger partial charge in [0.25, 0.3) is 0 Å². The number of allylic oxidation sites excluding steroid dienone is 2. The zero-order chi connectivity index (χ0) is 19.4. The van der Waals surface area contributed by atoms with Crippen LogP contribution in [0, 0.1) is 17.8 Å². The summed E-state index contributed by atoms with van der Waals surface area (Å²) in [6.07, 6.45) is 8.04. The van der Waals surface area contributed by atoms with Gasteiger partial charge in [-0.2, -0.15) is 0 Å². The smallest absolute Gasteiger partial charge is 0.343 e. The Morgan fingerprint density at radius 1 is 1.39 bits per heavy atom. The van der Waals surface area contributed by atoms with Gasteiger partial charge in [-0.1, -0.05) is 26.0 Å². The van der Waals surface area contributed by atoms with Crippen molar-refractivity contribution >= 4 is 5.97 Å². The highest BCUT2D eigenvalue weighted by Gasteiger charge is 2.83. The number of fused-ring (bicyclic) bond motifs is 1. The fraction of sp³-hybridized carbons (Fsp3) is 0.682. The highest BCUT2D eigenvalue weighted by molar-refractivity contribution is 5.93. The summed E-state index contributed by atoms with van der Waals surface area (Å²) in [4.78, 5) is 14.9. The zero-order valence-corrected chi connectivity index (χ0v) is 16.9. The summed E-state index contributed by atoms with van der Waals surface area (Å²) in [5.41, 5.74) is 0.467. The molecule has 28 heavy (non-hydrogen) atoms. The molecule has 6 aliphatic rings. The predicted octanol–water partition coefficient (Wildman–Crippen LogP) is 2.87. The summed E-state index contributed by atoms with van der Waals surface area (Å²) in [6.45, 7) is 7.21. The third kappa shape index (κ3) is 1.60. The Balaban J connectivity index is 1.49. The molecule has 1 spiro atoms. The average Bonchev–Trinajstić information content (AvgIpc) is 3.38. The van der Waals surface area contributed by atoms with Crippen molar-refractivity contribution in [1.82, 2.24) is 4.90 Å². The van der Waals surface area contributed by atoms with Crippen molar-refractivity contribution < 1.29 is 23.7 Å². The van der Waals surface area contributed by atoms with Gasteiger partial charge in [0, 0.05) is 18.5 Å². The van der Waals surface area contributed by atoms with Crippen LogP contribution in [0.2, 0.25) is 0 Å². The van der Waals surface area contributed by atoms with Crippen molar-refractivity contribution in [3.63, 3.8) is 0 Å². The van der Waals surface area contributed by atoms with Crippen LogP contribution in [0.15, 0.2) is 35.0 Å². The van der Waals surface area contributed by atoms with Crippen LogP contribution in [-0.4, -0.2) is 48.0 Å². The van der Waals surface area contributed by atoms with E-state index in [-0.39, 0.29) is 29.4 Å². The van der Waals surface area contributed by atoms with Gasteiger partial charge in [-0.25, -0.2) is 4.79 Å². The minimum Gasteiger partial charge on any atom is -0.492 e. The van der Waals surface area contributed by atoms with E-state index in [1.165, 1.54) is 0 Å². The van der Waals surface area contributed by atoms with Crippen molar-refractivity contribution in [2.45, 2.75) is 63.5 Å². The molecule has 6 unspecified atom stereocenters. The summed E-state index contributed by atoms with van der Waals surface area (Å²) in [7, 11) is 1.57. The number of cyclic esters (lactones) is 1. The molecule has 5 bridgehead atoms. The molecule has 0 aromatic heterocycles. The van der Waals surface area contributed by atoms with Crippen molar-refractivity contribution in [2.24, 2.45) is 17.8 Å². The Labute approximate surface area is 165 Å². The molecular formula is C22H27NO5. The molecule has 5 saturated heterocycles. The minimum absolute atomic E-state index is 0.0286. The largest absolute Gasteiger partial charge is 0.492 e. The number of carbonyl (C=O) groups excluding carboxylic acids is 1. The van der Waals surface area contributed by atoms with Crippen molar-refractivity contribution in [3.05, 3.63) is 35.0 Å². The number of hydrogen-bond acceptors (Lipinski definition) is 6. The molecule has 8 atom stereocenters. The second-order valence-corrected chi connectivity index (χ2v) is 9.02. The fourth-order valence-electron chi connectivity index (χ4n) is 7.22. The first kappa shape index (κ1) is 17.1. The van der Waals surface area contributed by atoms with E-state index < -0.39 is 5.79 Å². The zero-order valence-electron chi connectivity index (χ0n) is 16.9. The minimum atomic E-state index is -0.609. The molecule has 0 saturated carbocycles. The van der Waals surface area contributed by atoms with Gasteiger partial charge < -0.3 is 18.9 Å². The van der Waals surface area contributed by atoms with Crippen molar-refractivity contribution in [3.8, 4) is 0 Å². The monoisotopic (exact) mass is 385 g/mol. The number of methoxy groups -OCH3 is 1. The van der Waals surface area contributed by atoms with Gasteiger partial charge in [-0.3, -0.25) is 4.90 Å². The van der Waals surface area contributed by atoms with Gasteiger partial charge in [-0.05, 0) is 26.2 Å². The molecule has 0 aromatic rings. The van der Waals surface area contributed by atoms with Crippen LogP contribution >= 0.6 is 0 Å². The highest BCUT2D eigenvalue weighted by Crippen LogP contribution is 2.72. The molecule has 0 amide bonds. The van der Waals surface area contributed by atoms with E-state index in [4.69, 9.17) is 18.9 Å². The molecule has 6 nitrogen and oxygen atoms in total. The van der Waals surface area contributed by atoms with Crippen LogP contribution in [0.3, 0.4) is 0 Å². The number of ether oxygens (including phenoxy) is 4. The number of rotatable bonds is 3. The third-order valence-corrected chi connectivity index (χ3v) is 8.10. The van der Waals surface area contributed by atoms with Gasteiger partial charge in [0.1, 0.15) is 5.76 Å². The van der Waals surface area contributed by atoms with E-state index in [1.807, 2.05) is 0 Å². The third-order valence-electron chi connectivity index (χ3n) is 8.10. The summed E-state index contributed by atoms with van der Waals surface area (Å²) in [6, 6.07) is 0.445. The number of piperidine rings is 1. The lowest BCUT2D eigenvalue weighted by molar-refractivity contribution is -0.255. The number of hydrogen-bond donors (Lipinski definition) is 0. The van der Waals surface area contributed by atoms with E-state index in [0.717, 1.165) is 31.6 Å². The second kappa shape index (κ2) is 5.22. The van der Waals surface area contributed by atoms with Crippen LogP contribution in [0.4, 0.5) is 0 Å². The number of esters is 1.